The molecule has 1 aliphatic rings. The summed E-state index contributed by atoms with van der Waals surface area (Å²) in [4.78, 5) is 39.0. The van der Waals surface area contributed by atoms with Crippen LogP contribution in [-0.4, -0.2) is 33.7 Å². The number of carbonyl (C=O) groups is 3. The summed E-state index contributed by atoms with van der Waals surface area (Å²) in [6.07, 6.45) is 3.79. The summed E-state index contributed by atoms with van der Waals surface area (Å²) in [6.45, 7) is 0.602. The number of benzene rings is 3. The van der Waals surface area contributed by atoms with Crippen LogP contribution in [0.25, 0.3) is 27.8 Å². The molecule has 0 unspecified atom stereocenters. The van der Waals surface area contributed by atoms with E-state index >= 15 is 0 Å². The average molecular weight is 523 g/mol. The van der Waals surface area contributed by atoms with E-state index in [-0.39, 0.29) is 12.3 Å². The second-order valence-electron chi connectivity index (χ2n) is 8.94. The summed E-state index contributed by atoms with van der Waals surface area (Å²) in [7, 11) is 1.25. The van der Waals surface area contributed by atoms with Crippen molar-refractivity contribution in [3.8, 4) is 0 Å². The fourth-order valence-electron chi connectivity index (χ4n) is 4.66. The van der Waals surface area contributed by atoms with Gasteiger partial charge in [0.15, 0.2) is 0 Å². The molecule has 6 rings (SSSR count). The predicted molar refractivity (Wildman–Crippen MR) is 147 cm³/mol. The van der Waals surface area contributed by atoms with E-state index in [1.165, 1.54) is 29.5 Å². The Morgan fingerprint density at radius 1 is 0.947 bits per heavy atom. The maximum Gasteiger partial charge on any atom is 0.373 e. The van der Waals surface area contributed by atoms with Crippen molar-refractivity contribution in [2.45, 2.75) is 13.1 Å². The molecular formula is C30H22N2O5S. The molecule has 1 saturated heterocycles. The number of imide groups is 1. The van der Waals surface area contributed by atoms with Gasteiger partial charge in [0.1, 0.15) is 5.76 Å². The van der Waals surface area contributed by atoms with Crippen molar-refractivity contribution in [2.75, 3.05) is 7.11 Å². The van der Waals surface area contributed by atoms with E-state index in [1.54, 1.807) is 12.1 Å². The number of carbonyl (C=O) groups excluding carboxylic acids is 3. The van der Waals surface area contributed by atoms with Gasteiger partial charge >= 0.3 is 5.97 Å². The zero-order valence-corrected chi connectivity index (χ0v) is 21.2. The summed E-state index contributed by atoms with van der Waals surface area (Å²) in [6, 6.07) is 25.7. The normalized spacial score (nSPS) is 14.8. The van der Waals surface area contributed by atoms with Gasteiger partial charge in [-0.1, -0.05) is 54.6 Å². The molecule has 1 aliphatic heterocycles. The highest BCUT2D eigenvalue weighted by molar-refractivity contribution is 8.18. The number of furan rings is 1. The van der Waals surface area contributed by atoms with E-state index in [9.17, 15) is 14.4 Å². The van der Waals surface area contributed by atoms with Crippen LogP contribution in [0.4, 0.5) is 4.79 Å². The van der Waals surface area contributed by atoms with Gasteiger partial charge in [0.25, 0.3) is 11.1 Å². The van der Waals surface area contributed by atoms with Crippen molar-refractivity contribution in [3.63, 3.8) is 0 Å². The predicted octanol–water partition coefficient (Wildman–Crippen LogP) is 6.46. The van der Waals surface area contributed by atoms with Crippen LogP contribution in [0.15, 0.2) is 94.4 Å². The lowest BCUT2D eigenvalue weighted by molar-refractivity contribution is -0.123. The molecule has 0 bridgehead atoms. The van der Waals surface area contributed by atoms with Crippen molar-refractivity contribution in [1.29, 1.82) is 0 Å². The number of amides is 2. The fourth-order valence-corrected chi connectivity index (χ4v) is 5.49. The fraction of sp³-hybridized carbons (Fsp3) is 0.100. The topological polar surface area (TPSA) is 81.8 Å². The minimum Gasteiger partial charge on any atom is -0.463 e. The zero-order valence-electron chi connectivity index (χ0n) is 20.4. The van der Waals surface area contributed by atoms with Crippen LogP contribution in [0.5, 0.6) is 0 Å². The van der Waals surface area contributed by atoms with Crippen LogP contribution < -0.4 is 0 Å². The number of methoxy groups -OCH3 is 1. The SMILES string of the molecule is COC(=O)c1ccc(CN2C(=O)S/C(=C/c3cn(Cc4ccc5ccccc5c4)c4ccccc34)C2=O)o1. The van der Waals surface area contributed by atoms with Gasteiger partial charge < -0.3 is 13.7 Å². The van der Waals surface area contributed by atoms with Gasteiger partial charge in [-0.2, -0.15) is 0 Å². The molecule has 1 fully saturated rings. The Labute approximate surface area is 222 Å². The molecule has 2 aromatic heterocycles. The third kappa shape index (κ3) is 4.39. The minimum absolute atomic E-state index is 0.0178. The van der Waals surface area contributed by atoms with Gasteiger partial charge in [-0.3, -0.25) is 14.5 Å². The zero-order chi connectivity index (χ0) is 26.2. The first-order valence-electron chi connectivity index (χ1n) is 12.0. The Morgan fingerprint density at radius 2 is 1.74 bits per heavy atom. The van der Waals surface area contributed by atoms with Crippen LogP contribution in [-0.2, 0) is 22.6 Å². The third-order valence-electron chi connectivity index (χ3n) is 6.51. The number of para-hydroxylation sites is 1. The second kappa shape index (κ2) is 9.72. The molecule has 0 aliphatic carbocycles. The first-order chi connectivity index (χ1) is 18.5. The van der Waals surface area contributed by atoms with Crippen molar-refractivity contribution >= 4 is 56.6 Å². The minimum atomic E-state index is -0.620. The standard InChI is InChI=1S/C30H22N2O5S/c1-36-29(34)26-13-12-23(37-26)18-32-28(33)27(38-30(32)35)15-22-17-31(25-9-5-4-8-24(22)25)16-19-10-11-20-6-2-3-7-21(20)14-19/h2-15,17H,16,18H2,1H3/b27-15+. The molecule has 0 atom stereocenters. The van der Waals surface area contributed by atoms with Gasteiger partial charge in [-0.15, -0.1) is 0 Å². The number of hydrogen-bond acceptors (Lipinski definition) is 6. The largest absolute Gasteiger partial charge is 0.463 e. The Balaban J connectivity index is 1.28. The number of ether oxygens (including phenoxy) is 1. The first kappa shape index (κ1) is 23.8. The van der Waals surface area contributed by atoms with E-state index in [1.807, 2.05) is 36.5 Å². The number of aromatic nitrogens is 1. The molecule has 188 valence electrons. The number of fused-ring (bicyclic) bond motifs is 2. The van der Waals surface area contributed by atoms with Gasteiger partial charge in [-0.05, 0) is 58.4 Å². The summed E-state index contributed by atoms with van der Waals surface area (Å²) in [5, 5.41) is 2.98. The molecule has 3 aromatic carbocycles. The maximum absolute atomic E-state index is 13.2. The van der Waals surface area contributed by atoms with E-state index in [0.717, 1.165) is 33.1 Å². The molecule has 0 N–H and O–H groups in total. The first-order valence-corrected chi connectivity index (χ1v) is 12.8. The Morgan fingerprint density at radius 3 is 2.58 bits per heavy atom. The van der Waals surface area contributed by atoms with Gasteiger partial charge in [0.05, 0.1) is 18.6 Å². The molecule has 0 saturated carbocycles. The molecule has 0 spiro atoms. The highest BCUT2D eigenvalue weighted by atomic mass is 32.2. The van der Waals surface area contributed by atoms with E-state index < -0.39 is 17.1 Å². The van der Waals surface area contributed by atoms with E-state index in [4.69, 9.17) is 4.42 Å². The highest BCUT2D eigenvalue weighted by Gasteiger charge is 2.36. The lowest BCUT2D eigenvalue weighted by atomic mass is 10.1. The van der Waals surface area contributed by atoms with Crippen molar-refractivity contribution < 1.29 is 23.5 Å². The number of nitrogens with zero attached hydrogens (tertiary/aromatic N) is 2. The van der Waals surface area contributed by atoms with Gasteiger partial charge in [0.2, 0.25) is 5.76 Å². The number of rotatable bonds is 6. The van der Waals surface area contributed by atoms with E-state index in [0.29, 0.717) is 17.2 Å². The van der Waals surface area contributed by atoms with Gasteiger partial charge in [0, 0.05) is 29.2 Å². The molecule has 38 heavy (non-hydrogen) atoms. The van der Waals surface area contributed by atoms with E-state index in [2.05, 4.69) is 45.7 Å². The third-order valence-corrected chi connectivity index (χ3v) is 7.42. The van der Waals surface area contributed by atoms with Crippen molar-refractivity contribution in [2.24, 2.45) is 0 Å². The molecule has 3 heterocycles. The molecule has 5 aromatic rings. The highest BCUT2D eigenvalue weighted by Crippen LogP contribution is 2.35. The van der Waals surface area contributed by atoms with Crippen molar-refractivity contribution in [1.82, 2.24) is 9.47 Å². The van der Waals surface area contributed by atoms with Crippen LogP contribution in [0.1, 0.15) is 27.4 Å². The molecule has 2 amide bonds. The Bertz CT molecular complexity index is 1760. The molecule has 0 radical (unpaired) electrons. The van der Waals surface area contributed by atoms with Crippen LogP contribution >= 0.6 is 11.8 Å². The molecular weight excluding hydrogens is 500 g/mol. The number of hydrogen-bond donors (Lipinski definition) is 0. The lowest BCUT2D eigenvalue weighted by Gasteiger charge is -2.09. The van der Waals surface area contributed by atoms with Crippen LogP contribution in [0.3, 0.4) is 0 Å². The Hall–Kier alpha value is -4.56. The summed E-state index contributed by atoms with van der Waals surface area (Å²) in [5.74, 6) is -0.682. The van der Waals surface area contributed by atoms with Crippen LogP contribution in [0.2, 0.25) is 0 Å². The maximum atomic E-state index is 13.2. The van der Waals surface area contributed by atoms with Crippen LogP contribution in [0, 0.1) is 0 Å². The lowest BCUT2D eigenvalue weighted by Crippen LogP contribution is -2.27. The second-order valence-corrected chi connectivity index (χ2v) is 9.93. The smallest absolute Gasteiger partial charge is 0.373 e. The number of esters is 1. The molecule has 7 nitrogen and oxygen atoms in total. The summed E-state index contributed by atoms with van der Waals surface area (Å²) >= 11 is 0.893. The summed E-state index contributed by atoms with van der Waals surface area (Å²) in [5.41, 5.74) is 3.07. The quantitative estimate of drug-likeness (QED) is 0.188. The van der Waals surface area contributed by atoms with Crippen molar-refractivity contribution in [3.05, 3.63) is 113 Å². The Kier molecular flexibility index (Phi) is 6.09. The molecule has 8 heteroatoms. The number of thioether (sulfide) groups is 1. The summed E-state index contributed by atoms with van der Waals surface area (Å²) < 4.78 is 12.2. The van der Waals surface area contributed by atoms with Gasteiger partial charge in [-0.25, -0.2) is 4.79 Å². The monoisotopic (exact) mass is 522 g/mol. The average Bonchev–Trinajstić information content (AvgIpc) is 3.62.